The standard InChI is InChI=1S/C19H15N3O/c1-13-7-9-15(10-8-13)22-19(23)17-16(11-12-20-18(17)21-22)14-5-3-2-4-6-14/h2-12H,1H3,(H,20,21). The van der Waals surface area contributed by atoms with E-state index in [1.165, 1.54) is 0 Å². The Morgan fingerprint density at radius 3 is 2.43 bits per heavy atom. The van der Waals surface area contributed by atoms with Gasteiger partial charge in [0.25, 0.3) is 5.56 Å². The van der Waals surface area contributed by atoms with Crippen molar-refractivity contribution in [3.63, 3.8) is 0 Å². The topological polar surface area (TPSA) is 50.7 Å². The Kier molecular flexibility index (Phi) is 3.08. The fraction of sp³-hybridized carbons (Fsp3) is 0.0526. The third-order valence-corrected chi connectivity index (χ3v) is 3.96. The molecule has 112 valence electrons. The van der Waals surface area contributed by atoms with Gasteiger partial charge >= 0.3 is 0 Å². The van der Waals surface area contributed by atoms with Crippen LogP contribution >= 0.6 is 0 Å². The number of nitrogens with one attached hydrogen (secondary N) is 1. The lowest BCUT2D eigenvalue weighted by Crippen LogP contribution is -2.14. The molecular formula is C19H15N3O. The smallest absolute Gasteiger partial charge is 0.274 e. The number of nitrogens with zero attached hydrogens (tertiary/aromatic N) is 2. The fourth-order valence-corrected chi connectivity index (χ4v) is 2.77. The van der Waals surface area contributed by atoms with Crippen molar-refractivity contribution < 1.29 is 0 Å². The van der Waals surface area contributed by atoms with Crippen LogP contribution in [0.5, 0.6) is 0 Å². The fourth-order valence-electron chi connectivity index (χ4n) is 2.77. The lowest BCUT2D eigenvalue weighted by molar-refractivity contribution is 0.858. The van der Waals surface area contributed by atoms with Gasteiger partial charge in [0.05, 0.1) is 11.1 Å². The number of benzene rings is 2. The highest BCUT2D eigenvalue weighted by Crippen LogP contribution is 2.24. The van der Waals surface area contributed by atoms with Gasteiger partial charge in [-0.15, -0.1) is 0 Å². The first-order chi connectivity index (χ1) is 11.2. The summed E-state index contributed by atoms with van der Waals surface area (Å²) in [6.07, 6.45) is 1.72. The molecule has 0 amide bonds. The first kappa shape index (κ1) is 13.5. The lowest BCUT2D eigenvalue weighted by Gasteiger charge is -2.01. The van der Waals surface area contributed by atoms with Gasteiger partial charge in [0.2, 0.25) is 0 Å². The molecule has 0 aliphatic rings. The van der Waals surface area contributed by atoms with E-state index in [9.17, 15) is 4.79 Å². The van der Waals surface area contributed by atoms with Gasteiger partial charge in [-0.1, -0.05) is 48.0 Å². The minimum absolute atomic E-state index is 0.0872. The SMILES string of the molecule is Cc1ccc(-n2[nH]c3nccc(-c4ccccc4)c3c2=O)cc1. The molecule has 0 bridgehead atoms. The van der Waals surface area contributed by atoms with Gasteiger partial charge in [-0.3, -0.25) is 9.89 Å². The molecule has 0 saturated carbocycles. The van der Waals surface area contributed by atoms with Gasteiger partial charge in [0, 0.05) is 6.20 Å². The van der Waals surface area contributed by atoms with Crippen LogP contribution in [0.2, 0.25) is 0 Å². The number of aryl methyl sites for hydroxylation is 1. The summed E-state index contributed by atoms with van der Waals surface area (Å²) >= 11 is 0. The van der Waals surface area contributed by atoms with Crippen LogP contribution in [0.1, 0.15) is 5.56 Å². The molecule has 2 aromatic carbocycles. The van der Waals surface area contributed by atoms with E-state index in [2.05, 4.69) is 10.1 Å². The molecule has 0 aliphatic carbocycles. The molecular weight excluding hydrogens is 286 g/mol. The maximum atomic E-state index is 12.9. The molecule has 23 heavy (non-hydrogen) atoms. The number of hydrogen-bond acceptors (Lipinski definition) is 2. The van der Waals surface area contributed by atoms with Crippen molar-refractivity contribution in [1.29, 1.82) is 0 Å². The quantitative estimate of drug-likeness (QED) is 0.614. The van der Waals surface area contributed by atoms with Crippen LogP contribution in [0.3, 0.4) is 0 Å². The summed E-state index contributed by atoms with van der Waals surface area (Å²) in [5.41, 5.74) is 4.36. The molecule has 0 radical (unpaired) electrons. The van der Waals surface area contributed by atoms with Crippen LogP contribution in [-0.4, -0.2) is 14.8 Å². The Labute approximate surface area is 133 Å². The highest BCUT2D eigenvalue weighted by Gasteiger charge is 2.14. The van der Waals surface area contributed by atoms with E-state index in [0.29, 0.717) is 11.0 Å². The number of hydrogen-bond donors (Lipinski definition) is 1. The molecule has 2 aromatic heterocycles. The molecule has 0 spiro atoms. The molecule has 4 heteroatoms. The Morgan fingerprint density at radius 1 is 0.957 bits per heavy atom. The molecule has 4 rings (SSSR count). The largest absolute Gasteiger partial charge is 0.281 e. The normalized spacial score (nSPS) is 11.0. The van der Waals surface area contributed by atoms with Gasteiger partial charge in [0.15, 0.2) is 5.65 Å². The maximum Gasteiger partial charge on any atom is 0.281 e. The Balaban J connectivity index is 1.99. The summed E-state index contributed by atoms with van der Waals surface area (Å²) in [4.78, 5) is 17.2. The average Bonchev–Trinajstić information content (AvgIpc) is 2.93. The van der Waals surface area contributed by atoms with E-state index < -0.39 is 0 Å². The van der Waals surface area contributed by atoms with Gasteiger partial charge in [-0.2, -0.15) is 0 Å². The van der Waals surface area contributed by atoms with Crippen LogP contribution in [0.15, 0.2) is 71.7 Å². The van der Waals surface area contributed by atoms with Crippen LogP contribution in [0.4, 0.5) is 0 Å². The highest BCUT2D eigenvalue weighted by atomic mass is 16.1. The van der Waals surface area contributed by atoms with Crippen LogP contribution < -0.4 is 5.56 Å². The van der Waals surface area contributed by atoms with Crippen LogP contribution in [0.25, 0.3) is 27.8 Å². The van der Waals surface area contributed by atoms with Crippen molar-refractivity contribution >= 4 is 11.0 Å². The van der Waals surface area contributed by atoms with Crippen molar-refractivity contribution in [3.8, 4) is 16.8 Å². The predicted molar refractivity (Wildman–Crippen MR) is 91.9 cm³/mol. The zero-order valence-corrected chi connectivity index (χ0v) is 12.7. The molecule has 1 N–H and O–H groups in total. The molecule has 0 atom stereocenters. The first-order valence-electron chi connectivity index (χ1n) is 7.46. The zero-order chi connectivity index (χ0) is 15.8. The molecule has 4 nitrogen and oxygen atoms in total. The Morgan fingerprint density at radius 2 is 1.70 bits per heavy atom. The Hall–Kier alpha value is -3.14. The monoisotopic (exact) mass is 301 g/mol. The molecule has 0 aliphatic heterocycles. The number of rotatable bonds is 2. The van der Waals surface area contributed by atoms with E-state index in [1.54, 1.807) is 10.9 Å². The minimum atomic E-state index is -0.0872. The van der Waals surface area contributed by atoms with E-state index >= 15 is 0 Å². The van der Waals surface area contributed by atoms with Gasteiger partial charge in [-0.05, 0) is 36.2 Å². The van der Waals surface area contributed by atoms with Crippen LogP contribution in [-0.2, 0) is 0 Å². The summed E-state index contributed by atoms with van der Waals surface area (Å²) < 4.78 is 1.55. The number of aromatic nitrogens is 3. The molecule has 0 fully saturated rings. The third-order valence-electron chi connectivity index (χ3n) is 3.96. The van der Waals surface area contributed by atoms with Crippen LogP contribution in [0, 0.1) is 6.92 Å². The number of pyridine rings is 1. The zero-order valence-electron chi connectivity index (χ0n) is 12.7. The van der Waals surface area contributed by atoms with Crippen molar-refractivity contribution in [2.45, 2.75) is 6.92 Å². The first-order valence-corrected chi connectivity index (χ1v) is 7.46. The summed E-state index contributed by atoms with van der Waals surface area (Å²) in [7, 11) is 0. The summed E-state index contributed by atoms with van der Waals surface area (Å²) in [6, 6.07) is 19.6. The van der Waals surface area contributed by atoms with Crippen molar-refractivity contribution in [2.75, 3.05) is 0 Å². The summed E-state index contributed by atoms with van der Waals surface area (Å²) in [5, 5.41) is 3.71. The number of aromatic amines is 1. The van der Waals surface area contributed by atoms with Crippen molar-refractivity contribution in [2.24, 2.45) is 0 Å². The maximum absolute atomic E-state index is 12.9. The predicted octanol–water partition coefficient (Wildman–Crippen LogP) is 3.69. The molecule has 0 unspecified atom stereocenters. The van der Waals surface area contributed by atoms with E-state index in [-0.39, 0.29) is 5.56 Å². The second-order valence-corrected chi connectivity index (χ2v) is 5.54. The Bertz CT molecular complexity index is 1030. The van der Waals surface area contributed by atoms with Crippen molar-refractivity contribution in [1.82, 2.24) is 14.8 Å². The van der Waals surface area contributed by atoms with Gasteiger partial charge in [0.1, 0.15) is 0 Å². The van der Waals surface area contributed by atoms with E-state index in [4.69, 9.17) is 0 Å². The second kappa shape index (κ2) is 5.25. The lowest BCUT2D eigenvalue weighted by atomic mass is 10.0. The molecule has 0 saturated heterocycles. The second-order valence-electron chi connectivity index (χ2n) is 5.54. The minimum Gasteiger partial charge on any atom is -0.274 e. The van der Waals surface area contributed by atoms with Gasteiger partial charge in [-0.25, -0.2) is 9.67 Å². The molecule has 2 heterocycles. The highest BCUT2D eigenvalue weighted by molar-refractivity contribution is 5.92. The number of fused-ring (bicyclic) bond motifs is 1. The van der Waals surface area contributed by atoms with Crippen molar-refractivity contribution in [3.05, 3.63) is 82.8 Å². The van der Waals surface area contributed by atoms with E-state index in [0.717, 1.165) is 22.4 Å². The summed E-state index contributed by atoms with van der Waals surface area (Å²) in [6.45, 7) is 2.02. The third kappa shape index (κ3) is 2.25. The van der Waals surface area contributed by atoms with Gasteiger partial charge < -0.3 is 0 Å². The average molecular weight is 301 g/mol. The summed E-state index contributed by atoms with van der Waals surface area (Å²) in [5.74, 6) is 0. The van der Waals surface area contributed by atoms with E-state index in [1.807, 2.05) is 67.6 Å². The molecule has 4 aromatic rings. The number of H-pyrrole nitrogens is 1.